The molecule has 0 bridgehead atoms. The Hall–Kier alpha value is -1.65. The minimum atomic E-state index is -1.10. The maximum atomic E-state index is 13.3. The highest BCUT2D eigenvalue weighted by molar-refractivity contribution is 5.75. The van der Waals surface area contributed by atoms with Gasteiger partial charge >= 0.3 is 5.97 Å². The van der Waals surface area contributed by atoms with E-state index in [0.29, 0.717) is 6.42 Å². The van der Waals surface area contributed by atoms with Gasteiger partial charge in [0.1, 0.15) is 0 Å². The molecule has 0 aliphatic rings. The van der Waals surface area contributed by atoms with Crippen molar-refractivity contribution in [2.45, 2.75) is 26.4 Å². The molecule has 0 amide bonds. The number of carbonyl (C=O) groups excluding carboxylic acids is 1. The van der Waals surface area contributed by atoms with Crippen molar-refractivity contribution in [3.05, 3.63) is 29.8 Å². The van der Waals surface area contributed by atoms with Crippen LogP contribution in [-0.2, 0) is 9.53 Å². The minimum absolute atomic E-state index is 0.213. The summed E-state index contributed by atoms with van der Waals surface area (Å²) in [5.41, 5.74) is 0. The van der Waals surface area contributed by atoms with E-state index in [1.165, 1.54) is 12.1 Å². The molecule has 0 heterocycles. The second-order valence-corrected chi connectivity index (χ2v) is 3.32. The van der Waals surface area contributed by atoms with Gasteiger partial charge in [-0.15, -0.1) is 0 Å². The van der Waals surface area contributed by atoms with Gasteiger partial charge in [-0.25, -0.2) is 9.18 Å². The van der Waals surface area contributed by atoms with Gasteiger partial charge in [-0.2, -0.15) is 4.39 Å². The van der Waals surface area contributed by atoms with Gasteiger partial charge in [-0.3, -0.25) is 0 Å². The van der Waals surface area contributed by atoms with Crippen molar-refractivity contribution in [3.8, 4) is 5.75 Å². The van der Waals surface area contributed by atoms with Crippen LogP contribution in [0.5, 0.6) is 5.75 Å². The Labute approximate surface area is 98.3 Å². The van der Waals surface area contributed by atoms with Crippen LogP contribution >= 0.6 is 0 Å². The summed E-state index contributed by atoms with van der Waals surface area (Å²) in [4.78, 5) is 11.4. The van der Waals surface area contributed by atoms with Gasteiger partial charge in [0.05, 0.1) is 6.61 Å². The largest absolute Gasteiger partial charge is 0.476 e. The molecule has 0 spiro atoms. The van der Waals surface area contributed by atoms with Gasteiger partial charge in [0.25, 0.3) is 0 Å². The van der Waals surface area contributed by atoms with Gasteiger partial charge in [-0.1, -0.05) is 13.0 Å². The third-order valence-corrected chi connectivity index (χ3v) is 2.11. The smallest absolute Gasteiger partial charge is 0.347 e. The number of rotatable bonds is 5. The number of ether oxygens (including phenoxy) is 2. The predicted octanol–water partition coefficient (Wildman–Crippen LogP) is 2.69. The van der Waals surface area contributed by atoms with Crippen LogP contribution in [0.1, 0.15) is 20.3 Å². The van der Waals surface area contributed by atoms with E-state index in [9.17, 15) is 13.6 Å². The first-order valence-electron chi connectivity index (χ1n) is 5.37. The molecule has 1 atom stereocenters. The number of esters is 1. The van der Waals surface area contributed by atoms with Crippen LogP contribution in [0.4, 0.5) is 8.78 Å². The van der Waals surface area contributed by atoms with Gasteiger partial charge < -0.3 is 9.47 Å². The number of hydrogen-bond acceptors (Lipinski definition) is 3. The average molecular weight is 244 g/mol. The minimum Gasteiger partial charge on any atom is -0.476 e. The summed E-state index contributed by atoms with van der Waals surface area (Å²) < 4.78 is 36.1. The van der Waals surface area contributed by atoms with E-state index in [0.717, 1.165) is 6.07 Å². The van der Waals surface area contributed by atoms with Crippen LogP contribution in [0, 0.1) is 11.6 Å². The first kappa shape index (κ1) is 13.4. The Bertz CT molecular complexity index is 393. The van der Waals surface area contributed by atoms with Crippen molar-refractivity contribution in [2.24, 2.45) is 0 Å². The van der Waals surface area contributed by atoms with Crippen LogP contribution in [-0.4, -0.2) is 18.7 Å². The lowest BCUT2D eigenvalue weighted by atomic mass is 10.2. The molecule has 0 N–H and O–H groups in total. The number of hydrogen-bond donors (Lipinski definition) is 0. The SMILES string of the molecule is CCOC(=O)C(CC)Oc1cccc(F)c1F. The van der Waals surface area contributed by atoms with Crippen LogP contribution < -0.4 is 4.74 Å². The van der Waals surface area contributed by atoms with E-state index in [1.54, 1.807) is 13.8 Å². The van der Waals surface area contributed by atoms with Crippen molar-refractivity contribution in [2.75, 3.05) is 6.61 Å². The number of carbonyl (C=O) groups is 1. The molecule has 0 aliphatic carbocycles. The van der Waals surface area contributed by atoms with Crippen molar-refractivity contribution in [3.63, 3.8) is 0 Å². The molecule has 1 aromatic carbocycles. The quantitative estimate of drug-likeness (QED) is 0.747. The summed E-state index contributed by atoms with van der Waals surface area (Å²) in [5.74, 6) is -2.99. The topological polar surface area (TPSA) is 35.5 Å². The molecule has 1 aromatic rings. The molecule has 3 nitrogen and oxygen atoms in total. The highest BCUT2D eigenvalue weighted by atomic mass is 19.2. The third kappa shape index (κ3) is 3.41. The molecule has 1 unspecified atom stereocenters. The van der Waals surface area contributed by atoms with Gasteiger partial charge in [0, 0.05) is 0 Å². The normalized spacial score (nSPS) is 12.0. The van der Waals surface area contributed by atoms with E-state index in [4.69, 9.17) is 9.47 Å². The lowest BCUT2D eigenvalue weighted by Gasteiger charge is -2.16. The Balaban J connectivity index is 2.80. The molecule has 1 rings (SSSR count). The van der Waals surface area contributed by atoms with E-state index >= 15 is 0 Å². The standard InChI is InChI=1S/C12H14F2O3/c1-3-9(12(15)16-4-2)17-10-7-5-6-8(13)11(10)14/h5-7,9H,3-4H2,1-2H3. The summed E-state index contributed by atoms with van der Waals surface area (Å²) in [5, 5.41) is 0. The molecule has 0 fully saturated rings. The average Bonchev–Trinajstić information content (AvgIpc) is 2.31. The van der Waals surface area contributed by atoms with Crippen molar-refractivity contribution in [1.29, 1.82) is 0 Å². The molecule has 0 saturated heterocycles. The number of benzene rings is 1. The van der Waals surface area contributed by atoms with Gasteiger partial charge in [0.2, 0.25) is 5.82 Å². The van der Waals surface area contributed by atoms with Crippen molar-refractivity contribution < 1.29 is 23.0 Å². The lowest BCUT2D eigenvalue weighted by Crippen LogP contribution is -2.29. The van der Waals surface area contributed by atoms with Crippen LogP contribution in [0.2, 0.25) is 0 Å². The summed E-state index contributed by atoms with van der Waals surface area (Å²) in [6.07, 6.45) is -0.610. The highest BCUT2D eigenvalue weighted by Gasteiger charge is 2.21. The Kier molecular flexibility index (Phi) is 4.87. The lowest BCUT2D eigenvalue weighted by molar-refractivity contribution is -0.151. The second kappa shape index (κ2) is 6.18. The molecule has 0 aliphatic heterocycles. The Morgan fingerprint density at radius 3 is 2.65 bits per heavy atom. The Morgan fingerprint density at radius 1 is 1.35 bits per heavy atom. The van der Waals surface area contributed by atoms with Crippen LogP contribution in [0.3, 0.4) is 0 Å². The maximum absolute atomic E-state index is 13.3. The molecular weight excluding hydrogens is 230 g/mol. The summed E-state index contributed by atoms with van der Waals surface area (Å²) in [6, 6.07) is 3.55. The van der Waals surface area contributed by atoms with E-state index in [-0.39, 0.29) is 12.4 Å². The highest BCUT2D eigenvalue weighted by Crippen LogP contribution is 2.21. The molecule has 0 saturated carbocycles. The fraction of sp³-hybridized carbons (Fsp3) is 0.417. The fourth-order valence-corrected chi connectivity index (χ4v) is 1.26. The van der Waals surface area contributed by atoms with Crippen molar-refractivity contribution >= 4 is 5.97 Å². The maximum Gasteiger partial charge on any atom is 0.347 e. The Morgan fingerprint density at radius 2 is 2.06 bits per heavy atom. The molecule has 5 heteroatoms. The van der Waals surface area contributed by atoms with E-state index in [2.05, 4.69) is 0 Å². The predicted molar refractivity (Wildman–Crippen MR) is 57.7 cm³/mol. The van der Waals surface area contributed by atoms with Crippen LogP contribution in [0.15, 0.2) is 18.2 Å². The van der Waals surface area contributed by atoms with E-state index < -0.39 is 23.7 Å². The molecule has 94 valence electrons. The zero-order chi connectivity index (χ0) is 12.8. The molecule has 0 aromatic heterocycles. The zero-order valence-electron chi connectivity index (χ0n) is 9.70. The van der Waals surface area contributed by atoms with Gasteiger partial charge in [0.15, 0.2) is 17.7 Å². The number of halogens is 2. The second-order valence-electron chi connectivity index (χ2n) is 3.32. The van der Waals surface area contributed by atoms with Crippen LogP contribution in [0.25, 0.3) is 0 Å². The zero-order valence-corrected chi connectivity index (χ0v) is 9.70. The first-order chi connectivity index (χ1) is 8.10. The monoisotopic (exact) mass is 244 g/mol. The van der Waals surface area contributed by atoms with Crippen molar-refractivity contribution in [1.82, 2.24) is 0 Å². The molecular formula is C12H14F2O3. The van der Waals surface area contributed by atoms with Gasteiger partial charge in [-0.05, 0) is 25.5 Å². The third-order valence-electron chi connectivity index (χ3n) is 2.11. The summed E-state index contributed by atoms with van der Waals surface area (Å²) >= 11 is 0. The molecule has 0 radical (unpaired) electrons. The summed E-state index contributed by atoms with van der Waals surface area (Å²) in [6.45, 7) is 3.57. The summed E-state index contributed by atoms with van der Waals surface area (Å²) in [7, 11) is 0. The van der Waals surface area contributed by atoms with E-state index in [1.807, 2.05) is 0 Å². The fourth-order valence-electron chi connectivity index (χ4n) is 1.26. The molecule has 17 heavy (non-hydrogen) atoms. The first-order valence-corrected chi connectivity index (χ1v) is 5.37.